The van der Waals surface area contributed by atoms with Gasteiger partial charge in [-0.2, -0.15) is 0 Å². The van der Waals surface area contributed by atoms with E-state index in [-0.39, 0.29) is 11.5 Å². The van der Waals surface area contributed by atoms with E-state index in [1.54, 1.807) is 0 Å². The predicted octanol–water partition coefficient (Wildman–Crippen LogP) is 0.0638. The average molecular weight is 242 g/mol. The molecule has 0 unspecified atom stereocenters. The van der Waals surface area contributed by atoms with Gasteiger partial charge in [0.2, 0.25) is 11.7 Å². The molecule has 1 aromatic rings. The highest BCUT2D eigenvalue weighted by Gasteiger charge is 2.29. The van der Waals surface area contributed by atoms with Crippen LogP contribution in [0.5, 0.6) is 0 Å². The van der Waals surface area contributed by atoms with Gasteiger partial charge in [-0.25, -0.2) is 0 Å². The second-order valence-corrected chi connectivity index (χ2v) is 3.28. The summed E-state index contributed by atoms with van der Waals surface area (Å²) in [5, 5.41) is 25.3. The first-order valence-electron chi connectivity index (χ1n) is 4.53. The number of anilines is 1. The van der Waals surface area contributed by atoms with E-state index in [0.717, 1.165) is 11.8 Å². The molecular weight excluding hydrogens is 232 g/mol. The van der Waals surface area contributed by atoms with Crippen molar-refractivity contribution in [2.75, 3.05) is 11.4 Å². The summed E-state index contributed by atoms with van der Waals surface area (Å²) in [5.74, 6) is -2.21. The molecule has 0 saturated carbocycles. The molecular formula is C8H10N4O5. The zero-order valence-corrected chi connectivity index (χ0v) is 9.13. The third kappa shape index (κ3) is 2.56. The Bertz CT molecular complexity index is 480. The van der Waals surface area contributed by atoms with E-state index in [1.165, 1.54) is 6.92 Å². The first-order valence-corrected chi connectivity index (χ1v) is 4.53. The Morgan fingerprint density at radius 1 is 1.59 bits per heavy atom. The molecule has 0 fully saturated rings. The van der Waals surface area contributed by atoms with Crippen molar-refractivity contribution in [2.45, 2.75) is 13.8 Å². The number of carbonyl (C=O) groups is 2. The number of carboxylic acids is 1. The molecule has 2 N–H and O–H groups in total. The first-order chi connectivity index (χ1) is 7.84. The summed E-state index contributed by atoms with van der Waals surface area (Å²) in [5.41, 5.74) is -0.247. The number of aromatic amines is 1. The summed E-state index contributed by atoms with van der Waals surface area (Å²) in [6.45, 7) is 1.84. The van der Waals surface area contributed by atoms with Crippen molar-refractivity contribution < 1.29 is 19.6 Å². The Labute approximate surface area is 95.2 Å². The molecule has 0 bridgehead atoms. The Morgan fingerprint density at radius 3 is 2.59 bits per heavy atom. The van der Waals surface area contributed by atoms with E-state index < -0.39 is 29.0 Å². The van der Waals surface area contributed by atoms with E-state index in [0.29, 0.717) is 0 Å². The number of carbonyl (C=O) groups excluding carboxylic acids is 1. The lowest BCUT2D eigenvalue weighted by Crippen LogP contribution is -2.34. The zero-order chi connectivity index (χ0) is 13.2. The highest BCUT2D eigenvalue weighted by molar-refractivity contribution is 5.97. The minimum Gasteiger partial charge on any atom is -0.480 e. The van der Waals surface area contributed by atoms with Crippen molar-refractivity contribution in [3.8, 4) is 0 Å². The quantitative estimate of drug-likeness (QED) is 0.567. The lowest BCUT2D eigenvalue weighted by atomic mass is 10.3. The minimum atomic E-state index is -1.28. The summed E-state index contributed by atoms with van der Waals surface area (Å²) < 4.78 is 0. The number of amides is 1. The number of nitrogens with zero attached hydrogens (tertiary/aromatic N) is 3. The van der Waals surface area contributed by atoms with E-state index in [1.807, 2.05) is 0 Å². The topological polar surface area (TPSA) is 129 Å². The molecule has 1 aromatic heterocycles. The number of rotatable bonds is 4. The molecule has 1 amide bonds. The van der Waals surface area contributed by atoms with Crippen LogP contribution in [-0.2, 0) is 9.59 Å². The smallest absolute Gasteiger partial charge is 0.334 e. The van der Waals surface area contributed by atoms with E-state index in [9.17, 15) is 19.7 Å². The minimum absolute atomic E-state index is 0.154. The molecule has 9 nitrogen and oxygen atoms in total. The van der Waals surface area contributed by atoms with Gasteiger partial charge < -0.3 is 5.11 Å². The van der Waals surface area contributed by atoms with Gasteiger partial charge in [0.15, 0.2) is 0 Å². The Kier molecular flexibility index (Phi) is 3.41. The van der Waals surface area contributed by atoms with E-state index in [4.69, 9.17) is 5.11 Å². The molecule has 1 rings (SSSR count). The van der Waals surface area contributed by atoms with Crippen molar-refractivity contribution in [1.29, 1.82) is 0 Å². The largest absolute Gasteiger partial charge is 0.480 e. The van der Waals surface area contributed by atoms with Gasteiger partial charge in [0, 0.05) is 6.92 Å². The molecule has 0 atom stereocenters. The normalized spacial score (nSPS) is 10.0. The number of carboxylic acid groups (broad SMARTS) is 1. The van der Waals surface area contributed by atoms with Crippen LogP contribution in [0.15, 0.2) is 0 Å². The molecule has 0 saturated heterocycles. The van der Waals surface area contributed by atoms with Crippen LogP contribution in [-0.4, -0.2) is 38.6 Å². The van der Waals surface area contributed by atoms with Crippen LogP contribution in [0.25, 0.3) is 0 Å². The van der Waals surface area contributed by atoms with Crippen LogP contribution < -0.4 is 4.90 Å². The van der Waals surface area contributed by atoms with E-state index in [2.05, 4.69) is 10.2 Å². The van der Waals surface area contributed by atoms with Gasteiger partial charge in [0.1, 0.15) is 12.2 Å². The van der Waals surface area contributed by atoms with Crippen molar-refractivity contribution >= 4 is 23.4 Å². The van der Waals surface area contributed by atoms with Gasteiger partial charge in [-0.1, -0.05) is 0 Å². The summed E-state index contributed by atoms with van der Waals surface area (Å²) >= 11 is 0. The van der Waals surface area contributed by atoms with Crippen LogP contribution in [0.3, 0.4) is 0 Å². The SMILES string of the molecule is CC(=O)N(CC(=O)O)c1n[nH]c(C)c1[N+](=O)[O-]. The first kappa shape index (κ1) is 12.6. The molecule has 0 spiro atoms. The third-order valence-corrected chi connectivity index (χ3v) is 2.01. The number of aryl methyl sites for hydroxylation is 1. The maximum atomic E-state index is 11.3. The summed E-state index contributed by atoms with van der Waals surface area (Å²) in [7, 11) is 0. The fraction of sp³-hybridized carbons (Fsp3) is 0.375. The number of nitrogens with one attached hydrogen (secondary N) is 1. The number of hydrogen-bond acceptors (Lipinski definition) is 5. The van der Waals surface area contributed by atoms with Crippen molar-refractivity contribution in [1.82, 2.24) is 10.2 Å². The highest BCUT2D eigenvalue weighted by Crippen LogP contribution is 2.28. The number of nitro groups is 1. The highest BCUT2D eigenvalue weighted by atomic mass is 16.6. The van der Waals surface area contributed by atoms with Gasteiger partial charge in [0.25, 0.3) is 0 Å². The molecule has 17 heavy (non-hydrogen) atoms. The van der Waals surface area contributed by atoms with Gasteiger partial charge in [-0.05, 0) is 6.92 Å². The molecule has 0 aliphatic heterocycles. The average Bonchev–Trinajstić information content (AvgIpc) is 2.55. The molecule has 92 valence electrons. The number of aliphatic carboxylic acids is 1. The van der Waals surface area contributed by atoms with Crippen molar-refractivity contribution in [2.24, 2.45) is 0 Å². The molecule has 0 aromatic carbocycles. The molecule has 0 aliphatic carbocycles. The Morgan fingerprint density at radius 2 is 2.18 bits per heavy atom. The summed E-state index contributed by atoms with van der Waals surface area (Å²) in [6, 6.07) is 0. The standard InChI is InChI=1S/C8H10N4O5/c1-4-7(12(16)17)8(10-9-4)11(5(2)13)3-6(14)15/h3H2,1-2H3,(H,9,10)(H,14,15). The lowest BCUT2D eigenvalue weighted by Gasteiger charge is -2.14. The number of aromatic nitrogens is 2. The van der Waals surface area contributed by atoms with E-state index >= 15 is 0 Å². The number of hydrogen-bond donors (Lipinski definition) is 2. The maximum absolute atomic E-state index is 11.3. The molecule has 0 aliphatic rings. The Hall–Kier alpha value is -2.45. The van der Waals surface area contributed by atoms with Gasteiger partial charge >= 0.3 is 11.7 Å². The van der Waals surface area contributed by atoms with Crippen LogP contribution in [0.4, 0.5) is 11.5 Å². The Balaban J connectivity index is 3.23. The zero-order valence-electron chi connectivity index (χ0n) is 9.13. The van der Waals surface area contributed by atoms with Gasteiger partial charge in [0.05, 0.1) is 4.92 Å². The third-order valence-electron chi connectivity index (χ3n) is 2.01. The van der Waals surface area contributed by atoms with Crippen LogP contribution in [0, 0.1) is 17.0 Å². The summed E-state index contributed by atoms with van der Waals surface area (Å²) in [6.07, 6.45) is 0. The lowest BCUT2D eigenvalue weighted by molar-refractivity contribution is -0.384. The van der Waals surface area contributed by atoms with Gasteiger partial charge in [-0.15, -0.1) is 5.10 Å². The van der Waals surface area contributed by atoms with Crippen molar-refractivity contribution in [3.63, 3.8) is 0 Å². The molecule has 1 heterocycles. The molecule has 0 radical (unpaired) electrons. The fourth-order valence-corrected chi connectivity index (χ4v) is 1.29. The fourth-order valence-electron chi connectivity index (χ4n) is 1.29. The van der Waals surface area contributed by atoms with Crippen LogP contribution in [0.2, 0.25) is 0 Å². The van der Waals surface area contributed by atoms with Gasteiger partial charge in [-0.3, -0.25) is 29.7 Å². The molecule has 9 heteroatoms. The second-order valence-electron chi connectivity index (χ2n) is 3.28. The van der Waals surface area contributed by atoms with Crippen molar-refractivity contribution in [3.05, 3.63) is 15.8 Å². The summed E-state index contributed by atoms with van der Waals surface area (Å²) in [4.78, 5) is 32.6. The maximum Gasteiger partial charge on any atom is 0.334 e. The monoisotopic (exact) mass is 242 g/mol. The predicted molar refractivity (Wildman–Crippen MR) is 55.6 cm³/mol. The number of H-pyrrole nitrogens is 1. The second kappa shape index (κ2) is 4.60. The van der Waals surface area contributed by atoms with Crippen LogP contribution in [0.1, 0.15) is 12.6 Å². The van der Waals surface area contributed by atoms with Crippen LogP contribution >= 0.6 is 0 Å².